The largest absolute Gasteiger partial charge is 0.294 e. The van der Waals surface area contributed by atoms with E-state index in [1.807, 2.05) is 43.6 Å². The molecule has 4 nitrogen and oxygen atoms in total. The molecule has 0 aliphatic heterocycles. The molecule has 0 aliphatic rings. The second-order valence-corrected chi connectivity index (χ2v) is 7.00. The Morgan fingerprint density at radius 1 is 1.35 bits per heavy atom. The Balaban J connectivity index is 1.83. The summed E-state index contributed by atoms with van der Waals surface area (Å²) in [5.74, 6) is 0. The Morgan fingerprint density at radius 2 is 2.04 bits per heavy atom. The van der Waals surface area contributed by atoms with Crippen molar-refractivity contribution < 1.29 is 0 Å². The first-order chi connectivity index (χ1) is 11.0. The summed E-state index contributed by atoms with van der Waals surface area (Å²) in [6.07, 6.45) is 0. The van der Waals surface area contributed by atoms with Crippen LogP contribution < -0.4 is 5.56 Å². The van der Waals surface area contributed by atoms with E-state index in [9.17, 15) is 4.79 Å². The standard InChI is InChI=1S/C17H18ClN3OS/c1-11-10-23-17-19-15(8-16(22)21(11)17)9-20(3)12(2)13-4-6-14(18)7-5-13/h4-8,10,12H,9H2,1-3H3/t12-/m0/s1. The third-order valence-corrected chi connectivity index (χ3v) is 5.25. The third-order valence-electron chi connectivity index (χ3n) is 4.05. The summed E-state index contributed by atoms with van der Waals surface area (Å²) in [6.45, 7) is 4.66. The maximum atomic E-state index is 12.2. The van der Waals surface area contributed by atoms with Gasteiger partial charge in [-0.1, -0.05) is 23.7 Å². The van der Waals surface area contributed by atoms with Crippen molar-refractivity contribution in [3.05, 3.63) is 68.0 Å². The Hall–Kier alpha value is -1.69. The topological polar surface area (TPSA) is 37.6 Å². The second-order valence-electron chi connectivity index (χ2n) is 5.72. The van der Waals surface area contributed by atoms with Gasteiger partial charge in [-0.3, -0.25) is 14.1 Å². The summed E-state index contributed by atoms with van der Waals surface area (Å²) in [5.41, 5.74) is 2.88. The van der Waals surface area contributed by atoms with E-state index in [4.69, 9.17) is 11.6 Å². The molecule has 1 atom stereocenters. The van der Waals surface area contributed by atoms with Gasteiger partial charge in [0.1, 0.15) is 0 Å². The van der Waals surface area contributed by atoms with Crippen molar-refractivity contribution in [2.24, 2.45) is 0 Å². The highest BCUT2D eigenvalue weighted by Crippen LogP contribution is 2.22. The van der Waals surface area contributed by atoms with Gasteiger partial charge in [-0.2, -0.15) is 0 Å². The van der Waals surface area contributed by atoms with Gasteiger partial charge in [0.2, 0.25) is 0 Å². The quantitative estimate of drug-likeness (QED) is 0.718. The first-order valence-electron chi connectivity index (χ1n) is 7.38. The summed E-state index contributed by atoms with van der Waals surface area (Å²) in [6, 6.07) is 9.67. The lowest BCUT2D eigenvalue weighted by Crippen LogP contribution is -2.24. The number of hydrogen-bond donors (Lipinski definition) is 0. The SMILES string of the molecule is Cc1csc2nc(CN(C)[C@@H](C)c3ccc(Cl)cc3)cc(=O)n12. The highest BCUT2D eigenvalue weighted by atomic mass is 35.5. The number of halogens is 1. The van der Waals surface area contributed by atoms with Crippen LogP contribution in [0.1, 0.15) is 29.9 Å². The molecule has 0 aliphatic carbocycles. The van der Waals surface area contributed by atoms with Gasteiger partial charge in [-0.25, -0.2) is 4.98 Å². The molecule has 3 rings (SSSR count). The summed E-state index contributed by atoms with van der Waals surface area (Å²) in [4.78, 5) is 19.8. The normalized spacial score (nSPS) is 12.9. The van der Waals surface area contributed by atoms with Crippen LogP contribution in [-0.2, 0) is 6.54 Å². The van der Waals surface area contributed by atoms with E-state index in [1.165, 1.54) is 16.9 Å². The third kappa shape index (κ3) is 3.32. The molecule has 0 saturated carbocycles. The van der Waals surface area contributed by atoms with Gasteiger partial charge in [0.05, 0.1) is 5.69 Å². The van der Waals surface area contributed by atoms with E-state index in [1.54, 1.807) is 10.5 Å². The van der Waals surface area contributed by atoms with E-state index in [0.29, 0.717) is 6.54 Å². The summed E-state index contributed by atoms with van der Waals surface area (Å²) < 4.78 is 1.65. The molecule has 0 amide bonds. The molecule has 0 radical (unpaired) electrons. The van der Waals surface area contributed by atoms with Gasteiger partial charge in [0.15, 0.2) is 4.96 Å². The lowest BCUT2D eigenvalue weighted by Gasteiger charge is -2.24. The number of aryl methyl sites for hydroxylation is 1. The van der Waals surface area contributed by atoms with Crippen molar-refractivity contribution in [2.75, 3.05) is 7.05 Å². The fourth-order valence-corrected chi connectivity index (χ4v) is 3.59. The van der Waals surface area contributed by atoms with Gasteiger partial charge in [-0.15, -0.1) is 11.3 Å². The Morgan fingerprint density at radius 3 is 2.74 bits per heavy atom. The summed E-state index contributed by atoms with van der Waals surface area (Å²) in [7, 11) is 2.03. The molecule has 2 heterocycles. The average Bonchev–Trinajstić information content (AvgIpc) is 2.89. The minimum Gasteiger partial charge on any atom is -0.294 e. The lowest BCUT2D eigenvalue weighted by molar-refractivity contribution is 0.250. The first-order valence-corrected chi connectivity index (χ1v) is 8.64. The van der Waals surface area contributed by atoms with Gasteiger partial charge in [-0.05, 0) is 38.6 Å². The zero-order valence-corrected chi connectivity index (χ0v) is 14.9. The molecule has 0 bridgehead atoms. The van der Waals surface area contributed by atoms with Crippen molar-refractivity contribution in [1.29, 1.82) is 0 Å². The van der Waals surface area contributed by atoms with Gasteiger partial charge in [0, 0.05) is 34.7 Å². The predicted molar refractivity (Wildman–Crippen MR) is 95.4 cm³/mol. The molecule has 120 valence electrons. The van der Waals surface area contributed by atoms with Crippen molar-refractivity contribution in [3.8, 4) is 0 Å². The summed E-state index contributed by atoms with van der Waals surface area (Å²) in [5, 5.41) is 2.69. The van der Waals surface area contributed by atoms with Crippen molar-refractivity contribution in [2.45, 2.75) is 26.4 Å². The van der Waals surface area contributed by atoms with Crippen LogP contribution in [0.4, 0.5) is 0 Å². The number of fused-ring (bicyclic) bond motifs is 1. The molecule has 0 unspecified atom stereocenters. The molecule has 1 aromatic carbocycles. The molecular formula is C17H18ClN3OS. The molecule has 0 spiro atoms. The molecule has 0 N–H and O–H groups in total. The minimum atomic E-state index is -0.0173. The Labute approximate surface area is 144 Å². The molecule has 2 aromatic heterocycles. The molecule has 6 heteroatoms. The highest BCUT2D eigenvalue weighted by molar-refractivity contribution is 7.15. The maximum Gasteiger partial charge on any atom is 0.259 e. The zero-order chi connectivity index (χ0) is 16.6. The summed E-state index contributed by atoms with van der Waals surface area (Å²) >= 11 is 7.44. The number of nitrogens with zero attached hydrogens (tertiary/aromatic N) is 3. The second kappa shape index (κ2) is 6.43. The minimum absolute atomic E-state index is 0.0173. The predicted octanol–water partition coefficient (Wildman–Crippen LogP) is 3.91. The number of aromatic nitrogens is 2. The van der Waals surface area contributed by atoms with Gasteiger partial charge < -0.3 is 0 Å². The number of rotatable bonds is 4. The van der Waals surface area contributed by atoms with Crippen molar-refractivity contribution in [1.82, 2.24) is 14.3 Å². The zero-order valence-electron chi connectivity index (χ0n) is 13.3. The van der Waals surface area contributed by atoms with E-state index >= 15 is 0 Å². The maximum absolute atomic E-state index is 12.2. The van der Waals surface area contributed by atoms with Crippen molar-refractivity contribution in [3.63, 3.8) is 0 Å². The van der Waals surface area contributed by atoms with E-state index in [0.717, 1.165) is 21.4 Å². The lowest BCUT2D eigenvalue weighted by atomic mass is 10.1. The molecular weight excluding hydrogens is 330 g/mol. The van der Waals surface area contributed by atoms with Crippen LogP contribution in [0.3, 0.4) is 0 Å². The van der Waals surface area contributed by atoms with Gasteiger partial charge in [0.25, 0.3) is 5.56 Å². The number of hydrogen-bond acceptors (Lipinski definition) is 4. The molecule has 23 heavy (non-hydrogen) atoms. The van der Waals surface area contributed by atoms with Crippen LogP contribution in [0.25, 0.3) is 4.96 Å². The highest BCUT2D eigenvalue weighted by Gasteiger charge is 2.14. The van der Waals surface area contributed by atoms with Crippen LogP contribution in [0.15, 0.2) is 40.5 Å². The van der Waals surface area contributed by atoms with E-state index in [-0.39, 0.29) is 11.6 Å². The average molecular weight is 348 g/mol. The fraction of sp³-hybridized carbons (Fsp3) is 0.294. The van der Waals surface area contributed by atoms with Crippen LogP contribution in [-0.4, -0.2) is 21.3 Å². The Bertz CT molecular complexity index is 885. The first kappa shape index (κ1) is 16.2. The van der Waals surface area contributed by atoms with E-state index < -0.39 is 0 Å². The smallest absolute Gasteiger partial charge is 0.259 e. The van der Waals surface area contributed by atoms with Gasteiger partial charge >= 0.3 is 0 Å². The molecule has 3 aromatic rings. The van der Waals surface area contributed by atoms with Crippen LogP contribution >= 0.6 is 22.9 Å². The molecule has 0 fully saturated rings. The molecule has 0 saturated heterocycles. The Kier molecular flexibility index (Phi) is 4.53. The van der Waals surface area contributed by atoms with E-state index in [2.05, 4.69) is 16.8 Å². The van der Waals surface area contributed by atoms with Crippen LogP contribution in [0.5, 0.6) is 0 Å². The van der Waals surface area contributed by atoms with Crippen LogP contribution in [0.2, 0.25) is 5.02 Å². The number of thiazole rings is 1. The van der Waals surface area contributed by atoms with Crippen LogP contribution in [0, 0.1) is 6.92 Å². The monoisotopic (exact) mass is 347 g/mol. The van der Waals surface area contributed by atoms with Crippen molar-refractivity contribution >= 4 is 27.9 Å². The fourth-order valence-electron chi connectivity index (χ4n) is 2.57. The number of benzene rings is 1.